The van der Waals surface area contributed by atoms with Crippen molar-refractivity contribution in [1.29, 1.82) is 0 Å². The summed E-state index contributed by atoms with van der Waals surface area (Å²) in [5.41, 5.74) is 1.90. The van der Waals surface area contributed by atoms with Gasteiger partial charge in [0.1, 0.15) is 11.7 Å². The fourth-order valence-electron chi connectivity index (χ4n) is 5.98. The normalized spacial score (nSPS) is 20.2. The smallest absolute Gasteiger partial charge is 0.264 e. The second-order valence-electron chi connectivity index (χ2n) is 11.9. The number of hydrogen-bond donors (Lipinski definition) is 1. The van der Waals surface area contributed by atoms with Gasteiger partial charge in [-0.3, -0.25) is 18.8 Å². The van der Waals surface area contributed by atoms with Crippen LogP contribution < -0.4 is 5.56 Å². The van der Waals surface area contributed by atoms with E-state index in [1.54, 1.807) is 10.9 Å². The van der Waals surface area contributed by atoms with Crippen LogP contribution in [0, 0.1) is 5.41 Å². The lowest BCUT2D eigenvalue weighted by molar-refractivity contribution is -0.150. The molecule has 1 amide bonds. The molecule has 0 unspecified atom stereocenters. The number of benzene rings is 1. The van der Waals surface area contributed by atoms with Crippen LogP contribution >= 0.6 is 0 Å². The molecule has 0 radical (unpaired) electrons. The second-order valence-corrected chi connectivity index (χ2v) is 11.9. The van der Waals surface area contributed by atoms with Crippen molar-refractivity contribution in [3.8, 4) is 16.8 Å². The van der Waals surface area contributed by atoms with Crippen LogP contribution in [-0.2, 0) is 11.3 Å². The van der Waals surface area contributed by atoms with E-state index in [4.69, 9.17) is 0 Å². The third kappa shape index (κ3) is 4.27. The van der Waals surface area contributed by atoms with Gasteiger partial charge in [0.15, 0.2) is 5.65 Å². The maximum Gasteiger partial charge on any atom is 0.264 e. The molecule has 1 aliphatic heterocycles. The van der Waals surface area contributed by atoms with E-state index in [-0.39, 0.29) is 23.4 Å². The van der Waals surface area contributed by atoms with Gasteiger partial charge in [-0.25, -0.2) is 9.67 Å². The Hall–Kier alpha value is -3.79. The zero-order chi connectivity index (χ0) is 26.8. The highest BCUT2D eigenvalue weighted by Gasteiger charge is 2.44. The summed E-state index contributed by atoms with van der Waals surface area (Å²) in [6, 6.07) is 8.52. The molecule has 7 rings (SSSR count). The summed E-state index contributed by atoms with van der Waals surface area (Å²) in [6.07, 6.45) is 13.3. The average Bonchev–Trinajstić information content (AvgIpc) is 3.49. The molecule has 4 heterocycles. The highest BCUT2D eigenvalue weighted by atomic mass is 16.3. The van der Waals surface area contributed by atoms with E-state index < -0.39 is 5.60 Å². The second kappa shape index (κ2) is 8.87. The summed E-state index contributed by atoms with van der Waals surface area (Å²) in [6.45, 7) is 3.19. The quantitative estimate of drug-likeness (QED) is 0.412. The monoisotopic (exact) mass is 527 g/mol. The van der Waals surface area contributed by atoms with E-state index in [0.717, 1.165) is 36.1 Å². The molecular weight excluding hydrogens is 494 g/mol. The lowest BCUT2D eigenvalue weighted by atomic mass is 9.69. The van der Waals surface area contributed by atoms with Crippen molar-refractivity contribution >= 4 is 16.9 Å². The van der Waals surface area contributed by atoms with Crippen molar-refractivity contribution in [2.24, 2.45) is 5.41 Å². The molecule has 39 heavy (non-hydrogen) atoms. The summed E-state index contributed by atoms with van der Waals surface area (Å²) in [4.78, 5) is 32.6. The third-order valence-electron chi connectivity index (χ3n) is 8.94. The van der Waals surface area contributed by atoms with Gasteiger partial charge in [0, 0.05) is 30.3 Å². The third-order valence-corrected chi connectivity index (χ3v) is 8.94. The van der Waals surface area contributed by atoms with Crippen LogP contribution in [0.2, 0.25) is 0 Å². The molecule has 1 saturated heterocycles. The molecule has 0 bridgehead atoms. The van der Waals surface area contributed by atoms with E-state index in [2.05, 4.69) is 21.4 Å². The number of piperidine rings is 1. The van der Waals surface area contributed by atoms with Crippen molar-refractivity contribution < 1.29 is 9.90 Å². The Morgan fingerprint density at radius 1 is 1.03 bits per heavy atom. The van der Waals surface area contributed by atoms with Gasteiger partial charge in [0.2, 0.25) is 5.91 Å². The van der Waals surface area contributed by atoms with Gasteiger partial charge in [-0.05, 0) is 56.2 Å². The number of carbonyl (C=O) groups is 1. The van der Waals surface area contributed by atoms with Crippen molar-refractivity contribution in [3.05, 3.63) is 59.5 Å². The summed E-state index contributed by atoms with van der Waals surface area (Å²) < 4.78 is 5.17. The number of hydrogen-bond acceptors (Lipinski definition) is 6. The predicted molar refractivity (Wildman–Crippen MR) is 145 cm³/mol. The Morgan fingerprint density at radius 2 is 1.77 bits per heavy atom. The number of aliphatic hydroxyl groups is 1. The maximum atomic E-state index is 13.3. The van der Waals surface area contributed by atoms with Crippen LogP contribution in [0.15, 0.2) is 54.0 Å². The first-order valence-electron chi connectivity index (χ1n) is 13.9. The number of aromatic nitrogens is 6. The molecular formula is C29H33N7O3. The fourth-order valence-corrected chi connectivity index (χ4v) is 5.98. The molecule has 10 nitrogen and oxygen atoms in total. The minimum absolute atomic E-state index is 0.141. The molecule has 0 atom stereocenters. The largest absolute Gasteiger partial charge is 0.388 e. The number of carbonyl (C=O) groups excluding carboxylic acids is 1. The zero-order valence-electron chi connectivity index (χ0n) is 22.2. The van der Waals surface area contributed by atoms with Gasteiger partial charge < -0.3 is 10.0 Å². The maximum absolute atomic E-state index is 13.3. The first-order valence-corrected chi connectivity index (χ1v) is 13.9. The number of nitrogens with zero attached hydrogens (tertiary/aromatic N) is 7. The molecule has 3 fully saturated rings. The van der Waals surface area contributed by atoms with Gasteiger partial charge in [-0.15, -0.1) is 0 Å². The Bertz CT molecular complexity index is 1600. The topological polar surface area (TPSA) is 111 Å². The number of amides is 1. The van der Waals surface area contributed by atoms with Crippen LogP contribution in [-0.4, -0.2) is 63.7 Å². The van der Waals surface area contributed by atoms with Crippen LogP contribution in [0.25, 0.3) is 27.8 Å². The van der Waals surface area contributed by atoms with Crippen molar-refractivity contribution in [2.75, 3.05) is 13.1 Å². The van der Waals surface area contributed by atoms with Gasteiger partial charge in [-0.1, -0.05) is 25.5 Å². The van der Waals surface area contributed by atoms with Crippen LogP contribution in [0.1, 0.15) is 57.9 Å². The molecule has 3 aromatic heterocycles. The molecule has 1 N–H and O–H groups in total. The average molecular weight is 528 g/mol. The Kier molecular flexibility index (Phi) is 5.52. The highest BCUT2D eigenvalue weighted by Crippen LogP contribution is 2.42. The number of rotatable bonds is 6. The fraction of sp³-hybridized carbons (Fsp3) is 0.483. The SMILES string of the molecule is CC1(C(=O)N2CCC(O)(Cn3cnc4c(cnn4-c4ccc(-c5cnn(C6CC6)c5)cc4)c3=O)CC2)CCC1. The molecule has 2 aliphatic carbocycles. The summed E-state index contributed by atoms with van der Waals surface area (Å²) in [5.74, 6) is 0.199. The van der Waals surface area contributed by atoms with E-state index >= 15 is 0 Å². The van der Waals surface area contributed by atoms with Crippen LogP contribution in [0.3, 0.4) is 0 Å². The van der Waals surface area contributed by atoms with Crippen molar-refractivity contribution in [3.63, 3.8) is 0 Å². The molecule has 2 saturated carbocycles. The lowest BCUT2D eigenvalue weighted by Crippen LogP contribution is -2.54. The van der Waals surface area contributed by atoms with Crippen molar-refractivity contribution in [1.82, 2.24) is 34.0 Å². The van der Waals surface area contributed by atoms with Crippen LogP contribution in [0.5, 0.6) is 0 Å². The number of likely N-dealkylation sites (tertiary alicyclic amines) is 1. The molecule has 1 aromatic carbocycles. The summed E-state index contributed by atoms with van der Waals surface area (Å²) in [5, 5.41) is 20.6. The zero-order valence-corrected chi connectivity index (χ0v) is 22.2. The predicted octanol–water partition coefficient (Wildman–Crippen LogP) is 3.32. The minimum atomic E-state index is -1.06. The molecule has 0 spiro atoms. The Labute approximate surface area is 225 Å². The van der Waals surface area contributed by atoms with Gasteiger partial charge in [-0.2, -0.15) is 10.2 Å². The van der Waals surface area contributed by atoms with Gasteiger partial charge in [0.25, 0.3) is 5.56 Å². The van der Waals surface area contributed by atoms with E-state index in [0.29, 0.717) is 43.0 Å². The highest BCUT2D eigenvalue weighted by molar-refractivity contribution is 5.83. The van der Waals surface area contributed by atoms with Crippen LogP contribution in [0.4, 0.5) is 0 Å². The molecule has 10 heteroatoms. The number of fused-ring (bicyclic) bond motifs is 1. The summed E-state index contributed by atoms with van der Waals surface area (Å²) >= 11 is 0. The summed E-state index contributed by atoms with van der Waals surface area (Å²) in [7, 11) is 0. The lowest BCUT2D eigenvalue weighted by Gasteiger charge is -2.45. The van der Waals surface area contributed by atoms with Crippen molar-refractivity contribution in [2.45, 2.75) is 70.1 Å². The first-order chi connectivity index (χ1) is 18.8. The van der Waals surface area contributed by atoms with Gasteiger partial charge in [0.05, 0.1) is 36.3 Å². The molecule has 3 aliphatic rings. The molecule has 4 aromatic rings. The minimum Gasteiger partial charge on any atom is -0.388 e. The Balaban J connectivity index is 1.07. The first kappa shape index (κ1) is 24.3. The van der Waals surface area contributed by atoms with E-state index in [1.807, 2.05) is 47.0 Å². The van der Waals surface area contributed by atoms with E-state index in [9.17, 15) is 14.7 Å². The molecule has 202 valence electrons. The van der Waals surface area contributed by atoms with Gasteiger partial charge >= 0.3 is 0 Å². The van der Waals surface area contributed by atoms with E-state index in [1.165, 1.54) is 23.7 Å². The standard InChI is InChI=1S/C29H33N7O3/c1-28(9-2-10-28)27(38)33-13-11-29(39,12-14-33)18-34-19-30-25-24(26(34)37)16-32-36(25)23-5-3-20(4-6-23)21-15-31-35(17-21)22-7-8-22/h3-6,15-17,19,22,39H,2,7-14,18H2,1H3. The Morgan fingerprint density at radius 3 is 2.44 bits per heavy atom.